The maximum Gasteiger partial charge on any atom is 0.326 e. The first-order valence-electron chi connectivity index (χ1n) is 7.14. The third-order valence-corrected chi connectivity index (χ3v) is 4.04. The highest BCUT2D eigenvalue weighted by Crippen LogP contribution is 2.34. The van der Waals surface area contributed by atoms with Crippen molar-refractivity contribution in [3.63, 3.8) is 0 Å². The van der Waals surface area contributed by atoms with Crippen LogP contribution in [0.15, 0.2) is 46.9 Å². The van der Waals surface area contributed by atoms with E-state index in [1.54, 1.807) is 4.90 Å². The molecule has 0 fully saturated rings. The SMILES string of the molecule is Cc1ccc2c(c1)N(C(=O)Nc1ccc(Br)cc1)C[C@H](C)O2. The fourth-order valence-electron chi connectivity index (χ4n) is 2.46. The monoisotopic (exact) mass is 360 g/mol. The van der Waals surface area contributed by atoms with Gasteiger partial charge in [-0.05, 0) is 55.8 Å². The molecule has 0 saturated heterocycles. The van der Waals surface area contributed by atoms with Crippen molar-refractivity contribution in [2.24, 2.45) is 0 Å². The Hall–Kier alpha value is -2.01. The van der Waals surface area contributed by atoms with Crippen LogP contribution in [0.3, 0.4) is 0 Å². The third kappa shape index (κ3) is 3.09. The highest BCUT2D eigenvalue weighted by atomic mass is 79.9. The summed E-state index contributed by atoms with van der Waals surface area (Å²) in [5, 5.41) is 2.93. The van der Waals surface area contributed by atoms with Gasteiger partial charge in [0.2, 0.25) is 0 Å². The van der Waals surface area contributed by atoms with E-state index in [4.69, 9.17) is 4.74 Å². The zero-order valence-electron chi connectivity index (χ0n) is 12.5. The van der Waals surface area contributed by atoms with Gasteiger partial charge in [0.05, 0.1) is 12.2 Å². The van der Waals surface area contributed by atoms with Crippen molar-refractivity contribution in [3.8, 4) is 5.75 Å². The standard InChI is InChI=1S/C17H17BrN2O2/c1-11-3-8-16-15(9-11)20(10-12(2)22-16)17(21)19-14-6-4-13(18)5-7-14/h3-9,12H,10H2,1-2H3,(H,19,21)/t12-/m0/s1. The largest absolute Gasteiger partial charge is 0.487 e. The van der Waals surface area contributed by atoms with Crippen molar-refractivity contribution >= 4 is 33.3 Å². The fraction of sp³-hybridized carbons (Fsp3) is 0.235. The minimum absolute atomic E-state index is 0.0362. The summed E-state index contributed by atoms with van der Waals surface area (Å²) in [5.41, 5.74) is 2.67. The predicted molar refractivity (Wildman–Crippen MR) is 91.8 cm³/mol. The second-order valence-corrected chi connectivity index (χ2v) is 6.36. The van der Waals surface area contributed by atoms with Gasteiger partial charge in [0.1, 0.15) is 11.9 Å². The number of halogens is 1. The summed E-state index contributed by atoms with van der Waals surface area (Å²) in [5.74, 6) is 0.746. The Kier molecular flexibility index (Phi) is 4.07. The van der Waals surface area contributed by atoms with E-state index in [9.17, 15) is 4.79 Å². The molecule has 3 rings (SSSR count). The van der Waals surface area contributed by atoms with E-state index in [2.05, 4.69) is 21.2 Å². The minimum atomic E-state index is -0.149. The Labute approximate surface area is 138 Å². The van der Waals surface area contributed by atoms with Gasteiger partial charge in [-0.3, -0.25) is 4.90 Å². The van der Waals surface area contributed by atoms with E-state index in [-0.39, 0.29) is 12.1 Å². The summed E-state index contributed by atoms with van der Waals surface area (Å²) in [6.45, 7) is 4.49. The van der Waals surface area contributed by atoms with Crippen LogP contribution in [0.4, 0.5) is 16.2 Å². The number of amides is 2. The number of anilines is 2. The smallest absolute Gasteiger partial charge is 0.326 e. The van der Waals surface area contributed by atoms with Crippen molar-refractivity contribution < 1.29 is 9.53 Å². The van der Waals surface area contributed by atoms with Gasteiger partial charge in [-0.15, -0.1) is 0 Å². The van der Waals surface area contributed by atoms with Crippen LogP contribution in [0.5, 0.6) is 5.75 Å². The van der Waals surface area contributed by atoms with Gasteiger partial charge in [0.15, 0.2) is 0 Å². The molecule has 1 aliphatic rings. The van der Waals surface area contributed by atoms with E-state index < -0.39 is 0 Å². The number of rotatable bonds is 1. The molecule has 22 heavy (non-hydrogen) atoms. The van der Waals surface area contributed by atoms with Gasteiger partial charge in [0.25, 0.3) is 0 Å². The van der Waals surface area contributed by atoms with Crippen molar-refractivity contribution in [1.29, 1.82) is 0 Å². The van der Waals surface area contributed by atoms with Crippen LogP contribution in [-0.4, -0.2) is 18.7 Å². The van der Waals surface area contributed by atoms with Crippen LogP contribution in [0.2, 0.25) is 0 Å². The summed E-state index contributed by atoms with van der Waals surface area (Å²) in [7, 11) is 0. The van der Waals surface area contributed by atoms with Gasteiger partial charge in [-0.25, -0.2) is 4.79 Å². The molecule has 0 unspecified atom stereocenters. The van der Waals surface area contributed by atoms with Crippen LogP contribution in [-0.2, 0) is 0 Å². The molecule has 0 aliphatic carbocycles. The van der Waals surface area contributed by atoms with E-state index in [1.165, 1.54) is 0 Å². The number of nitrogens with one attached hydrogen (secondary N) is 1. The van der Waals surface area contributed by atoms with E-state index in [1.807, 2.05) is 56.3 Å². The maximum absolute atomic E-state index is 12.6. The Bertz CT molecular complexity index is 700. The highest BCUT2D eigenvalue weighted by molar-refractivity contribution is 9.10. The first-order valence-corrected chi connectivity index (χ1v) is 7.93. The normalized spacial score (nSPS) is 16.7. The van der Waals surface area contributed by atoms with Gasteiger partial charge in [-0.2, -0.15) is 0 Å². The summed E-state index contributed by atoms with van der Waals surface area (Å²) in [6.07, 6.45) is -0.0362. The molecule has 2 amide bonds. The van der Waals surface area contributed by atoms with Crippen LogP contribution < -0.4 is 15.0 Å². The molecule has 1 aliphatic heterocycles. The first kappa shape index (κ1) is 14.9. The molecule has 4 nitrogen and oxygen atoms in total. The van der Waals surface area contributed by atoms with Crippen LogP contribution >= 0.6 is 15.9 Å². The van der Waals surface area contributed by atoms with Gasteiger partial charge < -0.3 is 10.1 Å². The lowest BCUT2D eigenvalue weighted by atomic mass is 10.1. The van der Waals surface area contributed by atoms with Crippen molar-refractivity contribution in [2.45, 2.75) is 20.0 Å². The average Bonchev–Trinajstić information content (AvgIpc) is 2.49. The highest BCUT2D eigenvalue weighted by Gasteiger charge is 2.27. The molecule has 0 spiro atoms. The van der Waals surface area contributed by atoms with Crippen molar-refractivity contribution in [2.75, 3.05) is 16.8 Å². The van der Waals surface area contributed by atoms with E-state index in [0.29, 0.717) is 6.54 Å². The van der Waals surface area contributed by atoms with Crippen LogP contribution in [0.25, 0.3) is 0 Å². The second kappa shape index (κ2) is 6.01. The number of aryl methyl sites for hydroxylation is 1. The molecule has 1 heterocycles. The predicted octanol–water partition coefficient (Wildman–Crippen LogP) is 4.58. The fourth-order valence-corrected chi connectivity index (χ4v) is 2.73. The number of ether oxygens (including phenoxy) is 1. The Morgan fingerprint density at radius 2 is 2.00 bits per heavy atom. The minimum Gasteiger partial charge on any atom is -0.487 e. The number of carbonyl (C=O) groups is 1. The number of benzene rings is 2. The molecule has 0 radical (unpaired) electrons. The summed E-state index contributed by atoms with van der Waals surface area (Å²) in [6, 6.07) is 13.3. The Balaban J connectivity index is 1.86. The van der Waals surface area contributed by atoms with Crippen molar-refractivity contribution in [1.82, 2.24) is 0 Å². The van der Waals surface area contributed by atoms with E-state index in [0.717, 1.165) is 27.2 Å². The third-order valence-electron chi connectivity index (χ3n) is 3.51. The zero-order chi connectivity index (χ0) is 15.7. The molecule has 114 valence electrons. The lowest BCUT2D eigenvalue weighted by Crippen LogP contribution is -2.44. The number of hydrogen-bond acceptors (Lipinski definition) is 2. The van der Waals surface area contributed by atoms with Crippen LogP contribution in [0, 0.1) is 6.92 Å². The van der Waals surface area contributed by atoms with Gasteiger partial charge in [0, 0.05) is 10.2 Å². The summed E-state index contributed by atoms with van der Waals surface area (Å²) < 4.78 is 6.78. The summed E-state index contributed by atoms with van der Waals surface area (Å²) >= 11 is 3.39. The maximum atomic E-state index is 12.6. The number of carbonyl (C=O) groups excluding carboxylic acids is 1. The molecular weight excluding hydrogens is 344 g/mol. The topological polar surface area (TPSA) is 41.6 Å². The lowest BCUT2D eigenvalue weighted by molar-refractivity contribution is 0.208. The Morgan fingerprint density at radius 3 is 2.73 bits per heavy atom. The molecular formula is C17H17BrN2O2. The molecule has 0 saturated carbocycles. The molecule has 0 bridgehead atoms. The van der Waals surface area contributed by atoms with Crippen molar-refractivity contribution in [3.05, 3.63) is 52.5 Å². The number of urea groups is 1. The molecule has 0 aromatic heterocycles. The van der Waals surface area contributed by atoms with Gasteiger partial charge in [-0.1, -0.05) is 22.0 Å². The average molecular weight is 361 g/mol. The number of fused-ring (bicyclic) bond motifs is 1. The molecule has 1 atom stereocenters. The number of nitrogens with zero attached hydrogens (tertiary/aromatic N) is 1. The first-order chi connectivity index (χ1) is 10.5. The lowest BCUT2D eigenvalue weighted by Gasteiger charge is -2.33. The van der Waals surface area contributed by atoms with E-state index >= 15 is 0 Å². The van der Waals surface area contributed by atoms with Gasteiger partial charge >= 0.3 is 6.03 Å². The zero-order valence-corrected chi connectivity index (χ0v) is 14.1. The molecule has 2 aromatic carbocycles. The number of hydrogen-bond donors (Lipinski definition) is 1. The molecule has 5 heteroatoms. The molecule has 2 aromatic rings. The second-order valence-electron chi connectivity index (χ2n) is 5.45. The molecule has 1 N–H and O–H groups in total. The quantitative estimate of drug-likeness (QED) is 0.808. The summed E-state index contributed by atoms with van der Waals surface area (Å²) in [4.78, 5) is 14.4. The van der Waals surface area contributed by atoms with Crippen LogP contribution in [0.1, 0.15) is 12.5 Å². The Morgan fingerprint density at radius 1 is 1.27 bits per heavy atom.